The van der Waals surface area contributed by atoms with E-state index in [1.54, 1.807) is 42.2 Å². The lowest BCUT2D eigenvalue weighted by molar-refractivity contribution is -0.345. The molecule has 16 bridgehead atoms. The van der Waals surface area contributed by atoms with Gasteiger partial charge < -0.3 is 104 Å². The van der Waals surface area contributed by atoms with E-state index in [1.807, 2.05) is 18.7 Å². The summed E-state index contributed by atoms with van der Waals surface area (Å²) in [5, 5.41) is -0.453. The van der Waals surface area contributed by atoms with Crippen molar-refractivity contribution < 1.29 is 178 Å². The van der Waals surface area contributed by atoms with E-state index in [9.17, 15) is 73.5 Å². The summed E-state index contributed by atoms with van der Waals surface area (Å²) < 4.78 is 231. The first-order valence-corrected chi connectivity index (χ1v) is 46.6. The van der Waals surface area contributed by atoms with Crippen molar-refractivity contribution in [3.63, 3.8) is 0 Å². The molecule has 10 heterocycles. The molecule has 692 valence electrons. The average molecular weight is 1850 g/mol. The minimum atomic E-state index is -3.54. The van der Waals surface area contributed by atoms with Crippen LogP contribution in [0.4, 0.5) is 35.1 Å². The van der Waals surface area contributed by atoms with Crippen LogP contribution in [-0.4, -0.2) is 251 Å². The fourth-order valence-electron chi connectivity index (χ4n) is 26.5. The van der Waals surface area contributed by atoms with Crippen LogP contribution in [0, 0.1) is 82.9 Å². The predicted octanol–water partition coefficient (Wildman–Crippen LogP) is 10.6. The van der Waals surface area contributed by atoms with Crippen LogP contribution in [0.1, 0.15) is 170 Å². The van der Waals surface area contributed by atoms with Crippen LogP contribution in [0.3, 0.4) is 0 Å². The number of carbonyl (C=O) groups excluding carboxylic acids is 8. The molecule has 10 saturated heterocycles. The first-order chi connectivity index (χ1) is 58.5. The highest BCUT2D eigenvalue weighted by Crippen LogP contribution is 2.78. The van der Waals surface area contributed by atoms with Crippen LogP contribution in [-0.2, 0) is 143 Å². The van der Waals surface area contributed by atoms with Crippen molar-refractivity contribution in [3.05, 3.63) is 0 Å². The molecule has 26 aliphatic rings. The summed E-state index contributed by atoms with van der Waals surface area (Å²) in [6.07, 6.45) is 5.62. The normalized spacial score (nSPS) is 48.8. The van der Waals surface area contributed by atoms with Crippen LogP contribution in [0.5, 0.6) is 0 Å². The molecule has 0 amide bonds. The van der Waals surface area contributed by atoms with E-state index in [-0.39, 0.29) is 121 Å². The van der Waals surface area contributed by atoms with Gasteiger partial charge in [-0.15, -0.1) is 47.0 Å². The van der Waals surface area contributed by atoms with Crippen LogP contribution in [0.15, 0.2) is 0 Å². The topological polar surface area (TPSA) is 340 Å². The number of alkyl halides is 8. The lowest BCUT2D eigenvalue weighted by atomic mass is 9.51. The molecule has 0 radical (unpaired) electrons. The van der Waals surface area contributed by atoms with Crippen LogP contribution >= 0.6 is 47.0 Å². The van der Waals surface area contributed by atoms with Crippen LogP contribution < -0.4 is 0 Å². The molecule has 0 aromatic heterocycles. The molecule has 124 heavy (non-hydrogen) atoms. The molecule has 26 rings (SSSR count). The first-order valence-electron chi connectivity index (χ1n) is 43.1. The van der Waals surface area contributed by atoms with Crippen molar-refractivity contribution in [3.8, 4) is 0 Å². The molecule has 42 heteroatoms. The second kappa shape index (κ2) is 31.6. The van der Waals surface area contributed by atoms with E-state index >= 15 is 0 Å². The van der Waals surface area contributed by atoms with Crippen molar-refractivity contribution in [1.82, 2.24) is 0 Å². The van der Waals surface area contributed by atoms with Gasteiger partial charge in [-0.25, -0.2) is 24.0 Å². The van der Waals surface area contributed by atoms with Gasteiger partial charge in [0.15, 0.2) is 56.7 Å². The number of cyclic esters (lactones) is 4. The van der Waals surface area contributed by atoms with Gasteiger partial charge in [0.25, 0.3) is 0 Å². The van der Waals surface area contributed by atoms with Gasteiger partial charge in [-0.05, 0) is 190 Å². The zero-order valence-electron chi connectivity index (χ0n) is 69.6. The Morgan fingerprint density at radius 2 is 0.774 bits per heavy atom. The Hall–Kier alpha value is -3.96. The lowest BCUT2D eigenvalue weighted by Crippen LogP contribution is -2.66. The number of hydrogen-bond donors (Lipinski definition) is 0. The number of ether oxygens (including phenoxy) is 22. The molecule has 26 fully saturated rings. The maximum Gasteiger partial charge on any atom is 0.377 e. The van der Waals surface area contributed by atoms with E-state index in [2.05, 4.69) is 0 Å². The zero-order valence-corrected chi connectivity index (χ0v) is 72.9. The van der Waals surface area contributed by atoms with E-state index in [1.165, 1.54) is 21.3 Å². The number of hydrogen-bond acceptors (Lipinski definition) is 34. The maximum absolute atomic E-state index is 13.6. The molecular formula is C82H104F8O30S4. The molecule has 4 spiro atoms. The number of fused-ring (bicyclic) bond motifs is 8. The highest BCUT2D eigenvalue weighted by atomic mass is 32.2. The third-order valence-corrected chi connectivity index (χ3v) is 38.8. The number of thioether (sulfide) groups is 4. The molecule has 0 N–H and O–H groups in total. The Bertz CT molecular complexity index is 4010. The molecule has 0 aromatic rings. The van der Waals surface area contributed by atoms with Gasteiger partial charge in [-0.3, -0.25) is 14.4 Å². The molecule has 10 aliphatic heterocycles. The highest BCUT2D eigenvalue weighted by Gasteiger charge is 2.79. The summed E-state index contributed by atoms with van der Waals surface area (Å²) in [7, 11) is 4.44. The van der Waals surface area contributed by atoms with E-state index in [4.69, 9.17) is 104 Å². The Labute approximate surface area is 725 Å². The number of halogens is 8. The number of carbonyl (C=O) groups is 8. The third kappa shape index (κ3) is 15.1. The first kappa shape index (κ1) is 89.3. The van der Waals surface area contributed by atoms with Gasteiger partial charge in [-0.1, -0.05) is 0 Å². The van der Waals surface area contributed by atoms with Crippen molar-refractivity contribution in [2.24, 2.45) is 82.9 Å². The summed E-state index contributed by atoms with van der Waals surface area (Å²) in [6.45, 7) is 6.37. The average Bonchev–Trinajstić information content (AvgIpc) is 1.47. The number of methoxy groups -OCH3 is 3. The Kier molecular flexibility index (Phi) is 22.8. The predicted molar refractivity (Wildman–Crippen MR) is 405 cm³/mol. The Balaban J connectivity index is 0.000000109. The summed E-state index contributed by atoms with van der Waals surface area (Å²) in [5.41, 5.74) is -3.57. The van der Waals surface area contributed by atoms with Gasteiger partial charge in [0.05, 0.1) is 18.7 Å². The van der Waals surface area contributed by atoms with Crippen molar-refractivity contribution in [1.29, 1.82) is 0 Å². The van der Waals surface area contributed by atoms with Crippen LogP contribution in [0.25, 0.3) is 0 Å². The minimum absolute atomic E-state index is 0.0468. The van der Waals surface area contributed by atoms with Crippen LogP contribution in [0.2, 0.25) is 0 Å². The monoisotopic (exact) mass is 1850 g/mol. The third-order valence-electron chi connectivity index (χ3n) is 30.2. The standard InChI is InChI=1S/C23H30F2O7S2.C21H26F2O9.C19H24F2O8.C19H24F2O6S2/c1-4-28-10(2)29-18-15-14(17(26)31-18)16-19(30-15)34-23(33-16)12-5-11-6-13(23)9-22(7-11,8-12)32-20(27)21(3,24)25;1-19(22,23)18(25)32-20-5-9-3-10(6-20)21(11(4-9)7-20)30-14-12-13(28-17(14)31-21)16(27-8-26-2)29-15(12)24;1-17(20,21)16(23)29-18-5-9-3-10(6-18)19(11(4-9)7-18)27-12-13(28-19)15(25-8-24-2)26-14(12)22;1-17(20,21)16(23)27-18-5-9-3-10(6-18)19(11(4-9)7-18)28-12-13(29-19)15(25-8-24-2)26-14(12)22/h10-16,18-19H,4-9H2,1-3H3;9-14,16-17H,3-8H2,1-2H3;2*9-13,15H,3-8H2,1-2H3. The quantitative estimate of drug-likeness (QED) is 0.0446. The van der Waals surface area contributed by atoms with Crippen molar-refractivity contribution in [2.45, 2.75) is 325 Å². The molecule has 25 atom stereocenters. The van der Waals surface area contributed by atoms with Gasteiger partial charge in [0.1, 0.15) is 63.2 Å². The van der Waals surface area contributed by atoms with E-state index in [0.717, 1.165) is 51.4 Å². The van der Waals surface area contributed by atoms with E-state index < -0.39 is 174 Å². The Morgan fingerprint density at radius 1 is 0.411 bits per heavy atom. The molecule has 0 aromatic carbocycles. The fourth-order valence-corrected chi connectivity index (χ4v) is 35.4. The summed E-state index contributed by atoms with van der Waals surface area (Å²) in [6, 6.07) is 0. The van der Waals surface area contributed by atoms with Crippen molar-refractivity contribution in [2.75, 3.05) is 48.3 Å². The highest BCUT2D eigenvalue weighted by molar-refractivity contribution is 8.22. The van der Waals surface area contributed by atoms with Crippen molar-refractivity contribution >= 4 is 94.8 Å². The van der Waals surface area contributed by atoms with Gasteiger partial charge >= 0.3 is 71.4 Å². The summed E-state index contributed by atoms with van der Waals surface area (Å²) in [5.74, 6) is -23.0. The number of esters is 8. The second-order valence-electron chi connectivity index (χ2n) is 38.8. The Morgan fingerprint density at radius 3 is 1.22 bits per heavy atom. The fraction of sp³-hybridized carbons (Fsp3) is 0.902. The van der Waals surface area contributed by atoms with Gasteiger partial charge in [0.2, 0.25) is 25.2 Å². The largest absolute Gasteiger partial charge is 0.455 e. The molecular weight excluding hydrogens is 1750 g/mol. The minimum Gasteiger partial charge on any atom is -0.455 e. The molecule has 30 nitrogen and oxygen atoms in total. The molecule has 25 unspecified atom stereocenters. The molecule has 16 saturated carbocycles. The second-order valence-corrected chi connectivity index (χ2v) is 45.1. The number of rotatable bonds is 21. The lowest BCUT2D eigenvalue weighted by Gasteiger charge is -2.63. The SMILES string of the molecule is CCOC(C)OC1OC(=O)C2C1OC1SC3(SC12)C1CC2CC3CC(OC(=O)C(C)(F)F)(C2)C1.COCOC1OC(=O)C2C1OC1OC3(OC12)C1CC2CC3CC(OC(=O)C(C)(F)F)(C2)C1.COCOC1OC(=O)C2OC3(OC12)C1CC2CC3CC(OC(=O)C(C)(F)F)(C2)C1.COCOC1OC(=O)C2SC3(SC12)C1CC2CC3CC(OC(=O)C(C)(F)F)(C2)C1. The summed E-state index contributed by atoms with van der Waals surface area (Å²) in [4.78, 5) is 97.9. The maximum atomic E-state index is 13.6. The summed E-state index contributed by atoms with van der Waals surface area (Å²) >= 11 is 7.02. The molecule has 16 aliphatic carbocycles. The van der Waals surface area contributed by atoms with Gasteiger partial charge in [-0.2, -0.15) is 35.1 Å². The zero-order chi connectivity index (χ0) is 87.7. The van der Waals surface area contributed by atoms with Gasteiger partial charge in [0, 0.05) is 79.3 Å². The smallest absolute Gasteiger partial charge is 0.377 e. The van der Waals surface area contributed by atoms with E-state index in [0.29, 0.717) is 123 Å².